The zero-order valence-electron chi connectivity index (χ0n) is 6.50. The van der Waals surface area contributed by atoms with Crippen molar-refractivity contribution in [3.63, 3.8) is 0 Å². The van der Waals surface area contributed by atoms with Gasteiger partial charge in [0, 0.05) is 0 Å². The highest BCUT2D eigenvalue weighted by molar-refractivity contribution is 5.57. The maximum Gasteiger partial charge on any atom is 0.150 e. The average molecular weight is 178 g/mol. The summed E-state index contributed by atoms with van der Waals surface area (Å²) in [6, 6.07) is -2.08. The first-order valence-corrected chi connectivity index (χ1v) is 3.48. The molecule has 72 valence electrons. The summed E-state index contributed by atoms with van der Waals surface area (Å²) < 4.78 is 0. The van der Waals surface area contributed by atoms with Gasteiger partial charge in [0.1, 0.15) is 12.4 Å². The van der Waals surface area contributed by atoms with E-state index in [2.05, 4.69) is 0 Å². The van der Waals surface area contributed by atoms with Crippen LogP contribution in [-0.2, 0) is 4.79 Å². The Hall–Kier alpha value is -0.530. The van der Waals surface area contributed by atoms with Crippen molar-refractivity contribution in [1.29, 1.82) is 0 Å². The molecule has 0 saturated heterocycles. The SMILES string of the molecule is N[C@H]([C@@H](N)[C@@H](O)C=O)[C@H](O)CO. The molecule has 0 aromatic rings. The molecule has 0 rings (SSSR count). The minimum atomic E-state index is -1.42. The minimum absolute atomic E-state index is 0.231. The normalized spacial score (nSPS) is 21.1. The van der Waals surface area contributed by atoms with Crippen LogP contribution in [0.3, 0.4) is 0 Å². The van der Waals surface area contributed by atoms with Crippen LogP contribution in [0.1, 0.15) is 0 Å². The average Bonchev–Trinajstić information content (AvgIpc) is 2.12. The molecule has 0 amide bonds. The van der Waals surface area contributed by atoms with Crippen LogP contribution in [0.25, 0.3) is 0 Å². The summed E-state index contributed by atoms with van der Waals surface area (Å²) in [5.74, 6) is 0. The van der Waals surface area contributed by atoms with Gasteiger partial charge in [0.25, 0.3) is 0 Å². The van der Waals surface area contributed by atoms with E-state index in [1.807, 2.05) is 0 Å². The van der Waals surface area contributed by atoms with Crippen LogP contribution in [0.2, 0.25) is 0 Å². The zero-order chi connectivity index (χ0) is 9.72. The molecule has 7 N–H and O–H groups in total. The van der Waals surface area contributed by atoms with E-state index in [1.54, 1.807) is 0 Å². The largest absolute Gasteiger partial charge is 0.394 e. The topological polar surface area (TPSA) is 130 Å². The molecule has 0 aliphatic carbocycles. The minimum Gasteiger partial charge on any atom is -0.394 e. The molecule has 0 fully saturated rings. The predicted molar refractivity (Wildman–Crippen MR) is 41.1 cm³/mol. The maximum atomic E-state index is 10.0. The van der Waals surface area contributed by atoms with E-state index >= 15 is 0 Å². The Labute approximate surface area is 69.8 Å². The molecule has 0 unspecified atom stereocenters. The van der Waals surface area contributed by atoms with Gasteiger partial charge in [-0.25, -0.2) is 0 Å². The zero-order valence-corrected chi connectivity index (χ0v) is 6.50. The quantitative estimate of drug-likeness (QED) is 0.278. The van der Waals surface area contributed by atoms with Crippen molar-refractivity contribution in [2.45, 2.75) is 24.3 Å². The number of carbonyl (C=O) groups is 1. The van der Waals surface area contributed by atoms with Gasteiger partial charge in [-0.1, -0.05) is 0 Å². The summed E-state index contributed by atoms with van der Waals surface area (Å²) in [7, 11) is 0. The molecule has 0 spiro atoms. The van der Waals surface area contributed by atoms with E-state index in [9.17, 15) is 4.79 Å². The number of aliphatic hydroxyl groups is 3. The fourth-order valence-electron chi connectivity index (χ4n) is 0.697. The van der Waals surface area contributed by atoms with Gasteiger partial charge >= 0.3 is 0 Å². The Balaban J connectivity index is 4.07. The highest BCUT2D eigenvalue weighted by Crippen LogP contribution is 1.97. The lowest BCUT2D eigenvalue weighted by molar-refractivity contribution is -0.116. The summed E-state index contributed by atoms with van der Waals surface area (Å²) in [4.78, 5) is 10.0. The second kappa shape index (κ2) is 5.18. The van der Waals surface area contributed by atoms with Crippen LogP contribution in [0.4, 0.5) is 0 Å². The molecular weight excluding hydrogens is 164 g/mol. The van der Waals surface area contributed by atoms with Gasteiger partial charge in [-0.05, 0) is 0 Å². The fourth-order valence-corrected chi connectivity index (χ4v) is 0.697. The third-order valence-electron chi connectivity index (χ3n) is 1.61. The second-order valence-corrected chi connectivity index (χ2v) is 2.53. The molecule has 0 aliphatic rings. The van der Waals surface area contributed by atoms with E-state index in [1.165, 1.54) is 0 Å². The van der Waals surface area contributed by atoms with Crippen molar-refractivity contribution in [1.82, 2.24) is 0 Å². The summed E-state index contributed by atoms with van der Waals surface area (Å²) in [5.41, 5.74) is 10.6. The van der Waals surface area contributed by atoms with Gasteiger partial charge < -0.3 is 31.6 Å². The van der Waals surface area contributed by atoms with Crippen molar-refractivity contribution in [2.75, 3.05) is 6.61 Å². The van der Waals surface area contributed by atoms with Crippen molar-refractivity contribution >= 4 is 6.29 Å². The summed E-state index contributed by atoms with van der Waals surface area (Å²) in [5, 5.41) is 26.3. The first-order valence-electron chi connectivity index (χ1n) is 3.48. The van der Waals surface area contributed by atoms with Gasteiger partial charge in [-0.3, -0.25) is 0 Å². The molecule has 0 aromatic heterocycles. The van der Waals surface area contributed by atoms with E-state index in [-0.39, 0.29) is 6.29 Å². The highest BCUT2D eigenvalue weighted by atomic mass is 16.3. The lowest BCUT2D eigenvalue weighted by atomic mass is 10.0. The van der Waals surface area contributed by atoms with Crippen LogP contribution in [0.15, 0.2) is 0 Å². The molecule has 12 heavy (non-hydrogen) atoms. The number of carbonyl (C=O) groups excluding carboxylic acids is 1. The smallest absolute Gasteiger partial charge is 0.150 e. The van der Waals surface area contributed by atoms with Crippen molar-refractivity contribution in [3.8, 4) is 0 Å². The number of hydrogen-bond donors (Lipinski definition) is 5. The van der Waals surface area contributed by atoms with E-state index in [0.717, 1.165) is 0 Å². The van der Waals surface area contributed by atoms with E-state index in [0.29, 0.717) is 0 Å². The summed E-state index contributed by atoms with van der Waals surface area (Å²) >= 11 is 0. The number of aldehydes is 1. The van der Waals surface area contributed by atoms with Crippen LogP contribution < -0.4 is 11.5 Å². The van der Waals surface area contributed by atoms with Gasteiger partial charge in [0.2, 0.25) is 0 Å². The van der Waals surface area contributed by atoms with Gasteiger partial charge in [0.05, 0.1) is 24.8 Å². The molecular formula is C6H14N2O4. The third kappa shape index (κ3) is 2.84. The second-order valence-electron chi connectivity index (χ2n) is 2.53. The Morgan fingerprint density at radius 2 is 1.75 bits per heavy atom. The van der Waals surface area contributed by atoms with Crippen LogP contribution >= 0.6 is 0 Å². The van der Waals surface area contributed by atoms with Gasteiger partial charge in [-0.15, -0.1) is 0 Å². The van der Waals surface area contributed by atoms with Gasteiger partial charge in [-0.2, -0.15) is 0 Å². The molecule has 0 bridgehead atoms. The molecule has 6 heteroatoms. The molecule has 0 aliphatic heterocycles. The fraction of sp³-hybridized carbons (Fsp3) is 0.833. The molecule has 6 nitrogen and oxygen atoms in total. The standard InChI is InChI=1S/C6H14N2O4/c7-5(3(11)1-9)6(8)4(12)2-10/h1,3-6,10-12H,2,7-8H2/t3-,4+,5-,6-/m0/s1. The molecule has 0 aromatic carbocycles. The lowest BCUT2D eigenvalue weighted by Gasteiger charge is -2.24. The third-order valence-corrected chi connectivity index (χ3v) is 1.61. The monoisotopic (exact) mass is 178 g/mol. The Morgan fingerprint density at radius 1 is 1.25 bits per heavy atom. The Morgan fingerprint density at radius 3 is 2.08 bits per heavy atom. The number of nitrogens with two attached hydrogens (primary N) is 2. The first-order chi connectivity index (χ1) is 5.54. The van der Waals surface area contributed by atoms with Gasteiger partial charge in [0.15, 0.2) is 0 Å². The van der Waals surface area contributed by atoms with Crippen molar-refractivity contribution < 1.29 is 20.1 Å². The first kappa shape index (κ1) is 11.5. The van der Waals surface area contributed by atoms with E-state index < -0.39 is 30.9 Å². The maximum absolute atomic E-state index is 10.0. The van der Waals surface area contributed by atoms with Crippen molar-refractivity contribution in [3.05, 3.63) is 0 Å². The van der Waals surface area contributed by atoms with Crippen LogP contribution in [0, 0.1) is 0 Å². The summed E-state index contributed by atoms with van der Waals surface area (Å²) in [6.45, 7) is -0.555. The number of hydrogen-bond acceptors (Lipinski definition) is 6. The van der Waals surface area contributed by atoms with E-state index in [4.69, 9.17) is 26.8 Å². The number of rotatable bonds is 5. The number of aliphatic hydroxyl groups excluding tert-OH is 3. The molecule has 0 saturated carbocycles. The summed E-state index contributed by atoms with van der Waals surface area (Å²) in [6.07, 6.45) is -2.41. The molecule has 4 atom stereocenters. The lowest BCUT2D eigenvalue weighted by Crippen LogP contribution is -2.56. The van der Waals surface area contributed by atoms with Crippen LogP contribution in [-0.4, -0.2) is 52.5 Å². The predicted octanol–water partition coefficient (Wildman–Crippen LogP) is -3.45. The molecule has 0 heterocycles. The van der Waals surface area contributed by atoms with Crippen molar-refractivity contribution in [2.24, 2.45) is 11.5 Å². The van der Waals surface area contributed by atoms with Crippen LogP contribution in [0.5, 0.6) is 0 Å². The Kier molecular flexibility index (Phi) is 4.95. The highest BCUT2D eigenvalue weighted by Gasteiger charge is 2.26. The Bertz CT molecular complexity index is 144. The molecule has 0 radical (unpaired) electrons.